The maximum atomic E-state index is 13.1. The molecule has 0 saturated carbocycles. The molecule has 1 saturated heterocycles. The molecule has 0 unspecified atom stereocenters. The second-order valence-electron chi connectivity index (χ2n) is 8.01. The van der Waals surface area contributed by atoms with Crippen molar-refractivity contribution in [3.05, 3.63) is 70.3 Å². The van der Waals surface area contributed by atoms with Gasteiger partial charge >= 0.3 is 0 Å². The summed E-state index contributed by atoms with van der Waals surface area (Å²) in [7, 11) is -0.568. The summed E-state index contributed by atoms with van der Waals surface area (Å²) in [6, 6.07) is 12.4. The van der Waals surface area contributed by atoms with E-state index < -0.39 is 10.0 Å². The van der Waals surface area contributed by atoms with Gasteiger partial charge in [-0.25, -0.2) is 22.1 Å². The lowest BCUT2D eigenvalue weighted by atomic mass is 10.2. The van der Waals surface area contributed by atoms with Gasteiger partial charge in [-0.05, 0) is 48.5 Å². The van der Waals surface area contributed by atoms with Gasteiger partial charge in [-0.1, -0.05) is 0 Å². The van der Waals surface area contributed by atoms with Crippen LogP contribution in [0.3, 0.4) is 0 Å². The molecule has 3 aromatic rings. The molecule has 1 aliphatic rings. The van der Waals surface area contributed by atoms with E-state index in [4.69, 9.17) is 0 Å². The molecule has 2 aromatic carbocycles. The number of thiazole rings is 1. The van der Waals surface area contributed by atoms with Crippen LogP contribution in [-0.4, -0.2) is 73.7 Å². The largest absolute Gasteiger partial charge is 0.336 e. The van der Waals surface area contributed by atoms with Crippen molar-refractivity contribution in [2.24, 2.45) is 0 Å². The van der Waals surface area contributed by atoms with E-state index in [0.29, 0.717) is 25.2 Å². The lowest BCUT2D eigenvalue weighted by molar-refractivity contribution is 0.0628. The number of carbonyl (C=O) groups excluding carboxylic acids is 1. The first kappa shape index (κ1) is 26.2. The van der Waals surface area contributed by atoms with Gasteiger partial charge in [0, 0.05) is 56.8 Å². The average Bonchev–Trinajstić information content (AvgIpc) is 3.28. The Labute approximate surface area is 209 Å². The van der Waals surface area contributed by atoms with Crippen LogP contribution in [0.4, 0.5) is 4.39 Å². The van der Waals surface area contributed by atoms with E-state index in [9.17, 15) is 17.6 Å². The third kappa shape index (κ3) is 5.81. The molecular formula is C23H26ClFN4O3S2. The van der Waals surface area contributed by atoms with Gasteiger partial charge in [0.05, 0.1) is 17.1 Å². The summed E-state index contributed by atoms with van der Waals surface area (Å²) in [5.41, 5.74) is 2.20. The molecule has 7 nitrogen and oxygen atoms in total. The van der Waals surface area contributed by atoms with E-state index in [0.717, 1.165) is 33.7 Å². The van der Waals surface area contributed by atoms with E-state index in [-0.39, 0.29) is 29.0 Å². The van der Waals surface area contributed by atoms with Gasteiger partial charge in [0.1, 0.15) is 10.8 Å². The molecule has 0 atom stereocenters. The standard InChI is InChI=1S/C23H25FN4O3S2.ClH/c1-26(2)33(30,31)20-9-5-18(6-10-20)23(29)28-13-11-27(12-14-28)15-22-25-21(16-32-22)17-3-7-19(24)8-4-17;/h3-10,16H,11-15H2,1-2H3;1H. The van der Waals surface area contributed by atoms with Crippen molar-refractivity contribution in [1.82, 2.24) is 19.1 Å². The molecule has 4 rings (SSSR count). The lowest BCUT2D eigenvalue weighted by Crippen LogP contribution is -2.48. The number of amides is 1. The summed E-state index contributed by atoms with van der Waals surface area (Å²) in [5.74, 6) is -0.368. The van der Waals surface area contributed by atoms with E-state index in [2.05, 4.69) is 9.88 Å². The number of piperazine rings is 1. The Balaban J connectivity index is 0.00000324. The van der Waals surface area contributed by atoms with E-state index in [1.807, 2.05) is 5.38 Å². The van der Waals surface area contributed by atoms with Crippen LogP contribution in [0.25, 0.3) is 11.3 Å². The zero-order chi connectivity index (χ0) is 23.6. The topological polar surface area (TPSA) is 73.8 Å². The van der Waals surface area contributed by atoms with Crippen molar-refractivity contribution in [2.45, 2.75) is 11.4 Å². The van der Waals surface area contributed by atoms with Gasteiger partial charge in [0.2, 0.25) is 10.0 Å². The zero-order valence-corrected chi connectivity index (χ0v) is 21.3. The highest BCUT2D eigenvalue weighted by molar-refractivity contribution is 7.89. The first-order valence-corrected chi connectivity index (χ1v) is 12.8. The summed E-state index contributed by atoms with van der Waals surface area (Å²) in [5, 5.41) is 2.95. The van der Waals surface area contributed by atoms with Gasteiger partial charge in [0.25, 0.3) is 5.91 Å². The Morgan fingerprint density at radius 3 is 2.24 bits per heavy atom. The maximum absolute atomic E-state index is 13.1. The highest BCUT2D eigenvalue weighted by Gasteiger charge is 2.24. The van der Waals surface area contributed by atoms with Crippen LogP contribution in [0.5, 0.6) is 0 Å². The van der Waals surface area contributed by atoms with Gasteiger partial charge in [-0.3, -0.25) is 9.69 Å². The second-order valence-corrected chi connectivity index (χ2v) is 11.1. The highest BCUT2D eigenvalue weighted by atomic mass is 35.5. The second kappa shape index (κ2) is 10.9. The molecule has 0 aliphatic carbocycles. The summed E-state index contributed by atoms with van der Waals surface area (Å²) in [6.45, 7) is 3.33. The Morgan fingerprint density at radius 2 is 1.65 bits per heavy atom. The minimum Gasteiger partial charge on any atom is -0.336 e. The highest BCUT2D eigenvalue weighted by Crippen LogP contribution is 2.23. The van der Waals surface area contributed by atoms with Crippen LogP contribution < -0.4 is 0 Å². The van der Waals surface area contributed by atoms with Crippen molar-refractivity contribution in [2.75, 3.05) is 40.3 Å². The molecule has 2 heterocycles. The number of carbonyl (C=O) groups is 1. The average molecular weight is 525 g/mol. The zero-order valence-electron chi connectivity index (χ0n) is 18.8. The van der Waals surface area contributed by atoms with E-state index in [1.165, 1.54) is 38.4 Å². The fourth-order valence-electron chi connectivity index (χ4n) is 3.60. The minimum absolute atomic E-state index is 0. The monoisotopic (exact) mass is 524 g/mol. The van der Waals surface area contributed by atoms with Crippen LogP contribution in [0.1, 0.15) is 15.4 Å². The number of aromatic nitrogens is 1. The van der Waals surface area contributed by atoms with Gasteiger partial charge < -0.3 is 4.90 Å². The van der Waals surface area contributed by atoms with Crippen LogP contribution >= 0.6 is 23.7 Å². The van der Waals surface area contributed by atoms with Crippen LogP contribution in [-0.2, 0) is 16.6 Å². The molecule has 0 spiro atoms. The quantitative estimate of drug-likeness (QED) is 0.493. The van der Waals surface area contributed by atoms with Crippen molar-refractivity contribution >= 4 is 39.7 Å². The molecule has 0 radical (unpaired) electrons. The Hall–Kier alpha value is -2.37. The maximum Gasteiger partial charge on any atom is 0.253 e. The fraction of sp³-hybridized carbons (Fsp3) is 0.304. The molecule has 1 fully saturated rings. The third-order valence-corrected chi connectivity index (χ3v) is 8.25. The summed E-state index contributed by atoms with van der Waals surface area (Å²) < 4.78 is 38.7. The number of sulfonamides is 1. The van der Waals surface area contributed by atoms with Crippen LogP contribution in [0, 0.1) is 5.82 Å². The number of benzene rings is 2. The first-order chi connectivity index (χ1) is 15.7. The molecule has 1 amide bonds. The molecule has 1 aliphatic heterocycles. The summed E-state index contributed by atoms with van der Waals surface area (Å²) in [4.78, 5) is 21.7. The molecule has 0 N–H and O–H groups in total. The Morgan fingerprint density at radius 1 is 1.03 bits per heavy atom. The molecule has 0 bridgehead atoms. The van der Waals surface area contributed by atoms with Gasteiger partial charge in [-0.15, -0.1) is 23.7 Å². The van der Waals surface area contributed by atoms with Crippen LogP contribution in [0.2, 0.25) is 0 Å². The van der Waals surface area contributed by atoms with Crippen molar-refractivity contribution < 1.29 is 17.6 Å². The normalized spacial score (nSPS) is 14.8. The van der Waals surface area contributed by atoms with E-state index in [1.54, 1.807) is 40.5 Å². The SMILES string of the molecule is CN(C)S(=O)(=O)c1ccc(C(=O)N2CCN(Cc3nc(-c4ccc(F)cc4)cs3)CC2)cc1.Cl. The number of hydrogen-bond donors (Lipinski definition) is 0. The van der Waals surface area contributed by atoms with Crippen molar-refractivity contribution in [3.8, 4) is 11.3 Å². The fourth-order valence-corrected chi connectivity index (χ4v) is 5.35. The summed E-state index contributed by atoms with van der Waals surface area (Å²) >= 11 is 1.57. The number of nitrogens with zero attached hydrogens (tertiary/aromatic N) is 4. The Bertz CT molecular complexity index is 1220. The molecule has 182 valence electrons. The summed E-state index contributed by atoms with van der Waals surface area (Å²) in [6.07, 6.45) is 0. The van der Waals surface area contributed by atoms with Crippen LogP contribution in [0.15, 0.2) is 58.8 Å². The molecule has 1 aromatic heterocycles. The number of rotatable bonds is 6. The Kier molecular flexibility index (Phi) is 8.43. The van der Waals surface area contributed by atoms with Crippen molar-refractivity contribution in [3.63, 3.8) is 0 Å². The molecule has 11 heteroatoms. The molecular weight excluding hydrogens is 499 g/mol. The lowest BCUT2D eigenvalue weighted by Gasteiger charge is -2.34. The smallest absolute Gasteiger partial charge is 0.253 e. The van der Waals surface area contributed by atoms with E-state index >= 15 is 0 Å². The minimum atomic E-state index is -3.52. The molecule has 34 heavy (non-hydrogen) atoms. The predicted molar refractivity (Wildman–Crippen MR) is 133 cm³/mol. The predicted octanol–water partition coefficient (Wildman–Crippen LogP) is 3.58. The number of hydrogen-bond acceptors (Lipinski definition) is 6. The first-order valence-electron chi connectivity index (χ1n) is 10.5. The van der Waals surface area contributed by atoms with Gasteiger partial charge in [-0.2, -0.15) is 0 Å². The van der Waals surface area contributed by atoms with Gasteiger partial charge in [0.15, 0.2) is 0 Å². The van der Waals surface area contributed by atoms with Crippen molar-refractivity contribution in [1.29, 1.82) is 0 Å². The number of halogens is 2. The third-order valence-electron chi connectivity index (χ3n) is 5.59.